The fraction of sp³-hybridized carbons (Fsp3) is 0.367. The molecule has 0 saturated carbocycles. The minimum atomic E-state index is -0.711. The van der Waals surface area contributed by atoms with Crippen LogP contribution in [0.4, 0.5) is 0 Å². The van der Waals surface area contributed by atoms with Gasteiger partial charge in [-0.2, -0.15) is 0 Å². The van der Waals surface area contributed by atoms with Gasteiger partial charge >= 0.3 is 0 Å². The van der Waals surface area contributed by atoms with Crippen LogP contribution in [0.15, 0.2) is 78.9 Å². The topological polar surface area (TPSA) is 125 Å². The van der Waals surface area contributed by atoms with Crippen LogP contribution < -0.4 is 15.8 Å². The van der Waals surface area contributed by atoms with E-state index in [2.05, 4.69) is 12.2 Å². The zero-order chi connectivity index (χ0) is 27.0. The van der Waals surface area contributed by atoms with E-state index in [9.17, 15) is 15.0 Å². The summed E-state index contributed by atoms with van der Waals surface area (Å²) >= 11 is 0. The molecule has 37 heavy (non-hydrogen) atoms. The molecule has 0 saturated heterocycles. The first-order valence-electron chi connectivity index (χ1n) is 12.7. The van der Waals surface area contributed by atoms with Crippen LogP contribution in [0.1, 0.15) is 54.3 Å². The molecule has 3 atom stereocenters. The number of hydrogen-bond donors (Lipinski definition) is 5. The van der Waals surface area contributed by atoms with Crippen LogP contribution in [0, 0.1) is 0 Å². The molecular weight excluding hydrogens is 468 g/mol. The summed E-state index contributed by atoms with van der Waals surface area (Å²) < 4.78 is 5.69. The van der Waals surface area contributed by atoms with Crippen molar-refractivity contribution in [3.05, 3.63) is 95.6 Å². The number of ether oxygens (including phenoxy) is 1. The second-order valence-corrected chi connectivity index (χ2v) is 8.97. The smallest absolute Gasteiger partial charge is 0.166 e. The average Bonchev–Trinajstić information content (AvgIpc) is 2.91. The Bertz CT molecular complexity index is 1060. The normalized spacial score (nSPS) is 13.1. The van der Waals surface area contributed by atoms with Crippen LogP contribution >= 0.6 is 0 Å². The Morgan fingerprint density at radius 3 is 2.38 bits per heavy atom. The van der Waals surface area contributed by atoms with Crippen LogP contribution in [-0.4, -0.2) is 52.9 Å². The van der Waals surface area contributed by atoms with Crippen molar-refractivity contribution >= 4 is 5.78 Å². The third-order valence-corrected chi connectivity index (χ3v) is 5.62. The van der Waals surface area contributed by atoms with Crippen molar-refractivity contribution in [2.24, 2.45) is 5.73 Å². The lowest BCUT2D eigenvalue weighted by atomic mass is 10.0. The number of carbonyl (C=O) groups is 1. The van der Waals surface area contributed by atoms with Gasteiger partial charge in [0.15, 0.2) is 5.78 Å². The van der Waals surface area contributed by atoms with Crippen molar-refractivity contribution < 1.29 is 24.9 Å². The number of nitrogens with two attached hydrogens (primary N) is 1. The largest absolute Gasteiger partial charge is 0.508 e. The molecule has 7 nitrogen and oxygen atoms in total. The summed E-state index contributed by atoms with van der Waals surface area (Å²) in [5, 5.41) is 31.7. The number of rotatable bonds is 13. The van der Waals surface area contributed by atoms with E-state index >= 15 is 0 Å². The van der Waals surface area contributed by atoms with E-state index in [0.29, 0.717) is 36.3 Å². The maximum Gasteiger partial charge on any atom is 0.166 e. The number of phenols is 1. The molecule has 0 heterocycles. The molecule has 0 aliphatic carbocycles. The summed E-state index contributed by atoms with van der Waals surface area (Å²) in [6.45, 7) is 5.31. The lowest BCUT2D eigenvalue weighted by molar-refractivity contribution is 0.0950. The van der Waals surface area contributed by atoms with Gasteiger partial charge in [-0.3, -0.25) is 4.79 Å². The van der Waals surface area contributed by atoms with Crippen molar-refractivity contribution in [3.8, 4) is 11.5 Å². The number of para-hydroxylation sites is 1. The van der Waals surface area contributed by atoms with Crippen LogP contribution in [0.25, 0.3) is 0 Å². The highest BCUT2D eigenvalue weighted by atomic mass is 16.5. The maximum absolute atomic E-state index is 12.5. The molecule has 6 N–H and O–H groups in total. The summed E-state index contributed by atoms with van der Waals surface area (Å²) in [7, 11) is 0. The van der Waals surface area contributed by atoms with Gasteiger partial charge in [0.25, 0.3) is 0 Å². The van der Waals surface area contributed by atoms with E-state index in [-0.39, 0.29) is 24.2 Å². The number of ketones is 1. The Morgan fingerprint density at radius 2 is 1.70 bits per heavy atom. The van der Waals surface area contributed by atoms with Gasteiger partial charge in [0, 0.05) is 19.0 Å². The van der Waals surface area contributed by atoms with Crippen LogP contribution in [0.5, 0.6) is 11.5 Å². The fourth-order valence-electron chi connectivity index (χ4n) is 3.56. The van der Waals surface area contributed by atoms with Crippen molar-refractivity contribution in [1.82, 2.24) is 5.32 Å². The molecule has 0 bridgehead atoms. The van der Waals surface area contributed by atoms with Crippen LogP contribution in [-0.2, 0) is 6.42 Å². The first-order chi connectivity index (χ1) is 17.8. The Balaban J connectivity index is 0.000000335. The Morgan fingerprint density at radius 1 is 1.00 bits per heavy atom. The second-order valence-electron chi connectivity index (χ2n) is 8.97. The number of aliphatic hydroxyl groups is 2. The van der Waals surface area contributed by atoms with Gasteiger partial charge in [0.1, 0.15) is 24.2 Å². The molecule has 0 aliphatic rings. The Kier molecular flexibility index (Phi) is 13.4. The van der Waals surface area contributed by atoms with Crippen molar-refractivity contribution in [2.45, 2.75) is 51.4 Å². The highest BCUT2D eigenvalue weighted by molar-refractivity contribution is 5.98. The molecule has 7 heteroatoms. The summed E-state index contributed by atoms with van der Waals surface area (Å²) in [6.07, 6.45) is 0.852. The summed E-state index contributed by atoms with van der Waals surface area (Å²) in [6, 6.07) is 23.3. The van der Waals surface area contributed by atoms with Crippen molar-refractivity contribution in [3.63, 3.8) is 0 Å². The lowest BCUT2D eigenvalue weighted by Gasteiger charge is -2.15. The molecule has 3 aromatic carbocycles. The third kappa shape index (κ3) is 11.1. The zero-order valence-corrected chi connectivity index (χ0v) is 21.7. The quantitative estimate of drug-likeness (QED) is 0.174. The van der Waals surface area contributed by atoms with Gasteiger partial charge in [-0.1, -0.05) is 61.5 Å². The van der Waals surface area contributed by atoms with Gasteiger partial charge in [-0.15, -0.1) is 0 Å². The number of benzene rings is 3. The number of aromatic hydroxyl groups is 1. The molecule has 3 aromatic rings. The standard InChI is InChI=1S/C21H27NO3.C9H13NO2/c1-2-14-22-15-18(23)16-25-21-11-7-6-10-19(21)20(24)13-12-17-8-4-3-5-9-17;1-6(10)9(12)7-3-2-4-8(11)5-7/h3-11,18,22-23H,2,12-16H2,1H3;2-6,9,11-12H,10H2,1H3/t;6-,9-/m.0/s1. The van der Waals surface area contributed by atoms with Gasteiger partial charge in [0.2, 0.25) is 0 Å². The molecule has 0 fully saturated rings. The first kappa shape index (κ1) is 30.0. The summed E-state index contributed by atoms with van der Waals surface area (Å²) in [4.78, 5) is 12.5. The molecule has 0 radical (unpaired) electrons. The number of Topliss-reactive ketones (excluding diaryl/α,β-unsaturated/α-hetero) is 1. The number of phenolic OH excluding ortho intramolecular Hbond substituents is 1. The van der Waals surface area contributed by atoms with E-state index in [1.807, 2.05) is 42.5 Å². The minimum absolute atomic E-state index is 0.0538. The SMILES string of the molecule is CCCNCC(O)COc1ccccc1C(=O)CCc1ccccc1.C[C@H](N)[C@H](O)c1cccc(O)c1. The number of carbonyl (C=O) groups excluding carboxylic acids is 1. The highest BCUT2D eigenvalue weighted by Gasteiger charge is 2.14. The number of nitrogens with one attached hydrogen (secondary N) is 1. The molecule has 0 aliphatic heterocycles. The minimum Gasteiger partial charge on any atom is -0.508 e. The first-order valence-corrected chi connectivity index (χ1v) is 12.7. The number of aliphatic hydroxyl groups excluding tert-OH is 2. The van der Waals surface area contributed by atoms with Gasteiger partial charge < -0.3 is 31.1 Å². The molecule has 1 unspecified atom stereocenters. The molecule has 3 rings (SSSR count). The van der Waals surface area contributed by atoms with Gasteiger partial charge in [0.05, 0.1) is 11.7 Å². The van der Waals surface area contributed by atoms with Crippen molar-refractivity contribution in [1.29, 1.82) is 0 Å². The monoisotopic (exact) mass is 508 g/mol. The average molecular weight is 509 g/mol. The van der Waals surface area contributed by atoms with Crippen LogP contribution in [0.3, 0.4) is 0 Å². The second kappa shape index (κ2) is 16.5. The van der Waals surface area contributed by atoms with Gasteiger partial charge in [-0.05, 0) is 61.7 Å². The highest BCUT2D eigenvalue weighted by Crippen LogP contribution is 2.21. The predicted octanol–water partition coefficient (Wildman–Crippen LogP) is 4.01. The third-order valence-electron chi connectivity index (χ3n) is 5.62. The molecule has 0 spiro atoms. The molecular formula is C30H40N2O5. The summed E-state index contributed by atoms with van der Waals surface area (Å²) in [5.41, 5.74) is 7.85. The number of hydrogen-bond acceptors (Lipinski definition) is 7. The lowest BCUT2D eigenvalue weighted by Crippen LogP contribution is -2.32. The van der Waals surface area contributed by atoms with Crippen molar-refractivity contribution in [2.75, 3.05) is 19.7 Å². The van der Waals surface area contributed by atoms with E-state index in [4.69, 9.17) is 15.6 Å². The van der Waals surface area contributed by atoms with E-state index in [1.165, 1.54) is 6.07 Å². The van der Waals surface area contributed by atoms with Gasteiger partial charge in [-0.25, -0.2) is 0 Å². The fourth-order valence-corrected chi connectivity index (χ4v) is 3.56. The maximum atomic E-state index is 12.5. The van der Waals surface area contributed by atoms with Crippen LogP contribution in [0.2, 0.25) is 0 Å². The van der Waals surface area contributed by atoms with E-state index in [1.54, 1.807) is 37.3 Å². The zero-order valence-electron chi connectivity index (χ0n) is 21.7. The summed E-state index contributed by atoms with van der Waals surface area (Å²) in [5.74, 6) is 0.736. The Labute approximate surface area is 219 Å². The molecule has 200 valence electrons. The van der Waals surface area contributed by atoms with E-state index < -0.39 is 12.2 Å². The van der Waals surface area contributed by atoms with E-state index in [0.717, 1.165) is 18.5 Å². The Hall–Kier alpha value is -3.23. The predicted molar refractivity (Wildman–Crippen MR) is 147 cm³/mol. The number of aryl methyl sites for hydroxylation is 1. The molecule has 0 aromatic heterocycles. The molecule has 0 amide bonds.